The molecule has 7 nitrogen and oxygen atoms in total. The lowest BCUT2D eigenvalue weighted by molar-refractivity contribution is -0.120. The quantitative estimate of drug-likeness (QED) is 0.782. The Morgan fingerprint density at radius 1 is 1.07 bits per heavy atom. The monoisotopic (exact) mass is 416 g/mol. The number of nitrogens with one attached hydrogen (secondary N) is 1. The Labute approximate surface area is 170 Å². The second kappa shape index (κ2) is 7.26. The molecule has 2 aromatic rings. The number of hydrogen-bond donors (Lipinski definition) is 1. The van der Waals surface area contributed by atoms with Gasteiger partial charge in [0.25, 0.3) is 10.0 Å². The number of nitrogens with zero attached hydrogens (tertiary/aromatic N) is 1. The van der Waals surface area contributed by atoms with Crippen molar-refractivity contribution in [3.63, 3.8) is 0 Å². The largest absolute Gasteiger partial charge is 0.493 e. The zero-order chi connectivity index (χ0) is 20.8. The summed E-state index contributed by atoms with van der Waals surface area (Å²) in [6, 6.07) is 9.81. The highest BCUT2D eigenvalue weighted by molar-refractivity contribution is 7.92. The number of amides is 1. The van der Waals surface area contributed by atoms with Crippen LogP contribution in [0.25, 0.3) is 0 Å². The molecule has 29 heavy (non-hydrogen) atoms. The molecule has 8 heteroatoms. The van der Waals surface area contributed by atoms with Crippen LogP contribution >= 0.6 is 0 Å². The molecule has 0 aromatic heterocycles. The first-order valence-corrected chi connectivity index (χ1v) is 11.0. The van der Waals surface area contributed by atoms with Gasteiger partial charge in [-0.25, -0.2) is 8.42 Å². The van der Waals surface area contributed by atoms with E-state index in [1.165, 1.54) is 14.2 Å². The van der Waals surface area contributed by atoms with Crippen LogP contribution in [0.4, 0.5) is 11.4 Å². The molecule has 1 aliphatic heterocycles. The first-order valence-electron chi connectivity index (χ1n) is 9.55. The first kappa shape index (κ1) is 19.6. The van der Waals surface area contributed by atoms with Gasteiger partial charge >= 0.3 is 0 Å². The van der Waals surface area contributed by atoms with Gasteiger partial charge in [-0.2, -0.15) is 0 Å². The van der Waals surface area contributed by atoms with E-state index in [1.54, 1.807) is 36.4 Å². The van der Waals surface area contributed by atoms with Crippen molar-refractivity contribution >= 4 is 27.3 Å². The lowest BCUT2D eigenvalue weighted by Crippen LogP contribution is -2.36. The van der Waals surface area contributed by atoms with Crippen LogP contribution in [0.1, 0.15) is 25.3 Å². The summed E-state index contributed by atoms with van der Waals surface area (Å²) >= 11 is 0. The number of benzene rings is 2. The van der Waals surface area contributed by atoms with E-state index in [1.807, 2.05) is 11.8 Å². The van der Waals surface area contributed by atoms with E-state index in [2.05, 4.69) is 4.72 Å². The van der Waals surface area contributed by atoms with E-state index < -0.39 is 10.0 Å². The van der Waals surface area contributed by atoms with Gasteiger partial charge in [0, 0.05) is 23.7 Å². The molecule has 1 N–H and O–H groups in total. The number of hydrogen-bond acceptors (Lipinski definition) is 5. The molecule has 1 unspecified atom stereocenters. The van der Waals surface area contributed by atoms with Crippen LogP contribution in [0.15, 0.2) is 41.3 Å². The minimum atomic E-state index is -3.79. The van der Waals surface area contributed by atoms with Gasteiger partial charge in [-0.1, -0.05) is 0 Å². The van der Waals surface area contributed by atoms with Crippen molar-refractivity contribution < 1.29 is 22.7 Å². The van der Waals surface area contributed by atoms with Gasteiger partial charge in [0.1, 0.15) is 0 Å². The lowest BCUT2D eigenvalue weighted by atomic mass is 10.1. The maximum absolute atomic E-state index is 12.9. The molecule has 2 aliphatic rings. The molecule has 0 radical (unpaired) electrons. The summed E-state index contributed by atoms with van der Waals surface area (Å²) in [5, 5.41) is 0. The highest BCUT2D eigenvalue weighted by Crippen LogP contribution is 2.40. The normalized spacial score (nSPS) is 18.3. The average Bonchev–Trinajstić information content (AvgIpc) is 3.49. The van der Waals surface area contributed by atoms with Crippen molar-refractivity contribution in [1.29, 1.82) is 0 Å². The molecular weight excluding hydrogens is 392 g/mol. The summed E-state index contributed by atoms with van der Waals surface area (Å²) in [4.78, 5) is 14.6. The molecule has 4 rings (SSSR count). The van der Waals surface area contributed by atoms with Crippen molar-refractivity contribution in [2.45, 2.75) is 37.1 Å². The van der Waals surface area contributed by atoms with E-state index in [4.69, 9.17) is 9.47 Å². The minimum Gasteiger partial charge on any atom is -0.493 e. The van der Waals surface area contributed by atoms with Crippen LogP contribution in [0.5, 0.6) is 11.5 Å². The number of sulfonamides is 1. The predicted octanol–water partition coefficient (Wildman–Crippen LogP) is 3.19. The number of rotatable bonds is 6. The van der Waals surface area contributed by atoms with Crippen LogP contribution in [0.3, 0.4) is 0 Å². The molecule has 1 heterocycles. The van der Waals surface area contributed by atoms with Crippen molar-refractivity contribution in [1.82, 2.24) is 0 Å². The maximum Gasteiger partial charge on any atom is 0.261 e. The Kier molecular flexibility index (Phi) is 4.90. The Balaban J connectivity index is 1.60. The van der Waals surface area contributed by atoms with Gasteiger partial charge in [0.15, 0.2) is 11.5 Å². The van der Waals surface area contributed by atoms with Crippen LogP contribution < -0.4 is 19.1 Å². The fraction of sp³-hybridized carbons (Fsp3) is 0.381. The zero-order valence-electron chi connectivity index (χ0n) is 16.6. The number of ether oxygens (including phenoxy) is 2. The fourth-order valence-corrected chi connectivity index (χ4v) is 4.85. The summed E-state index contributed by atoms with van der Waals surface area (Å²) < 4.78 is 38.8. The Morgan fingerprint density at radius 3 is 2.45 bits per heavy atom. The second-order valence-corrected chi connectivity index (χ2v) is 9.18. The van der Waals surface area contributed by atoms with Crippen molar-refractivity contribution in [2.75, 3.05) is 23.8 Å². The molecule has 2 aromatic carbocycles. The van der Waals surface area contributed by atoms with Crippen LogP contribution in [-0.2, 0) is 21.2 Å². The standard InChI is InChI=1S/C21H24N2O5S/c1-13-10-15-11-17(7-8-18(15)23(13)21(24)14-4-5-14)29(25,26)22-16-6-9-19(27-2)20(12-16)28-3/h6-9,11-14,22H,4-5,10H2,1-3H3. The van der Waals surface area contributed by atoms with Crippen molar-refractivity contribution in [2.24, 2.45) is 5.92 Å². The van der Waals surface area contributed by atoms with Crippen LogP contribution in [0, 0.1) is 5.92 Å². The van der Waals surface area contributed by atoms with Crippen molar-refractivity contribution in [3.05, 3.63) is 42.0 Å². The molecule has 1 saturated carbocycles. The molecule has 0 spiro atoms. The lowest BCUT2D eigenvalue weighted by Gasteiger charge is -2.22. The fourth-order valence-electron chi connectivity index (χ4n) is 3.75. The summed E-state index contributed by atoms with van der Waals surface area (Å²) in [7, 11) is -0.778. The SMILES string of the molecule is COc1ccc(NS(=O)(=O)c2ccc3c(c2)CC(C)N3C(=O)C2CC2)cc1OC. The molecule has 0 saturated heterocycles. The summed E-state index contributed by atoms with van der Waals surface area (Å²) in [5.74, 6) is 1.22. The Bertz CT molecular complexity index is 1060. The summed E-state index contributed by atoms with van der Waals surface area (Å²) in [6.45, 7) is 2.00. The number of anilines is 2. The summed E-state index contributed by atoms with van der Waals surface area (Å²) in [6.07, 6.45) is 2.53. The highest BCUT2D eigenvalue weighted by atomic mass is 32.2. The third kappa shape index (κ3) is 3.64. The Hall–Kier alpha value is -2.74. The van der Waals surface area contributed by atoms with Crippen LogP contribution in [-0.4, -0.2) is 34.6 Å². The molecule has 1 amide bonds. The highest BCUT2D eigenvalue weighted by Gasteiger charge is 2.39. The van der Waals surface area contributed by atoms with Gasteiger partial charge in [-0.3, -0.25) is 9.52 Å². The molecular formula is C21H24N2O5S. The van der Waals surface area contributed by atoms with Gasteiger partial charge in [0.05, 0.1) is 24.8 Å². The van der Waals surface area contributed by atoms with Gasteiger partial charge < -0.3 is 14.4 Å². The number of carbonyl (C=O) groups excluding carboxylic acids is 1. The minimum absolute atomic E-state index is 0.0369. The van der Waals surface area contributed by atoms with Crippen molar-refractivity contribution in [3.8, 4) is 11.5 Å². The smallest absolute Gasteiger partial charge is 0.261 e. The van der Waals surface area contributed by atoms with E-state index in [0.29, 0.717) is 23.6 Å². The third-order valence-corrected chi connectivity index (χ3v) is 6.76. The third-order valence-electron chi connectivity index (χ3n) is 5.38. The topological polar surface area (TPSA) is 84.9 Å². The molecule has 1 atom stereocenters. The molecule has 0 bridgehead atoms. The van der Waals surface area contributed by atoms with E-state index >= 15 is 0 Å². The summed E-state index contributed by atoms with van der Waals surface area (Å²) in [5.41, 5.74) is 2.07. The van der Waals surface area contributed by atoms with Crippen LogP contribution in [0.2, 0.25) is 0 Å². The Morgan fingerprint density at radius 2 is 1.79 bits per heavy atom. The van der Waals surface area contributed by atoms with Gasteiger partial charge in [0.2, 0.25) is 5.91 Å². The van der Waals surface area contributed by atoms with Gasteiger partial charge in [-0.15, -0.1) is 0 Å². The molecule has 154 valence electrons. The van der Waals surface area contributed by atoms with Gasteiger partial charge in [-0.05, 0) is 62.1 Å². The number of methoxy groups -OCH3 is 2. The zero-order valence-corrected chi connectivity index (χ0v) is 17.5. The second-order valence-electron chi connectivity index (χ2n) is 7.50. The van der Waals surface area contributed by atoms with E-state index in [9.17, 15) is 13.2 Å². The number of carbonyl (C=O) groups is 1. The number of fused-ring (bicyclic) bond motifs is 1. The maximum atomic E-state index is 12.9. The molecule has 1 aliphatic carbocycles. The average molecular weight is 416 g/mol. The van der Waals surface area contributed by atoms with E-state index in [-0.39, 0.29) is 22.8 Å². The molecule has 1 fully saturated rings. The van der Waals surface area contributed by atoms with E-state index in [0.717, 1.165) is 24.1 Å². The predicted molar refractivity (Wildman–Crippen MR) is 110 cm³/mol. The first-order chi connectivity index (χ1) is 13.8.